The van der Waals surface area contributed by atoms with Gasteiger partial charge in [0.15, 0.2) is 0 Å². The second kappa shape index (κ2) is 7.62. The Morgan fingerprint density at radius 2 is 1.75 bits per heavy atom. The summed E-state index contributed by atoms with van der Waals surface area (Å²) in [7, 11) is 0. The minimum absolute atomic E-state index is 0.285. The van der Waals surface area contributed by atoms with Crippen molar-refractivity contribution in [1.82, 2.24) is 14.8 Å². The predicted octanol–water partition coefficient (Wildman–Crippen LogP) is 0.473. The van der Waals surface area contributed by atoms with Crippen molar-refractivity contribution in [2.24, 2.45) is 0 Å². The molecule has 1 aliphatic heterocycles. The highest BCUT2D eigenvalue weighted by molar-refractivity contribution is 6.27. The van der Waals surface area contributed by atoms with Gasteiger partial charge in [-0.15, -0.1) is 0 Å². The van der Waals surface area contributed by atoms with Crippen LogP contribution in [0.1, 0.15) is 5.56 Å². The number of aromatic nitrogens is 3. The van der Waals surface area contributed by atoms with Crippen molar-refractivity contribution in [2.45, 2.75) is 12.3 Å². The smallest absolute Gasteiger partial charge is 0.414 e. The van der Waals surface area contributed by atoms with E-state index >= 15 is 0 Å². The number of halogens is 1. The summed E-state index contributed by atoms with van der Waals surface area (Å²) in [4.78, 5) is 22.1. The van der Waals surface area contributed by atoms with Gasteiger partial charge in [0.2, 0.25) is 5.79 Å². The van der Waals surface area contributed by atoms with Crippen LogP contribution < -0.4 is 0 Å². The summed E-state index contributed by atoms with van der Waals surface area (Å²) in [5.74, 6) is -4.83. The molecule has 1 aliphatic rings. The van der Waals surface area contributed by atoms with Crippen LogP contribution >= 0.6 is 0 Å². The van der Waals surface area contributed by atoms with Crippen LogP contribution in [0.25, 0.3) is 0 Å². The van der Waals surface area contributed by atoms with Gasteiger partial charge in [-0.05, 0) is 12.1 Å². The van der Waals surface area contributed by atoms with E-state index in [-0.39, 0.29) is 5.82 Å². The highest BCUT2D eigenvalue weighted by Crippen LogP contribution is 2.33. The van der Waals surface area contributed by atoms with Gasteiger partial charge in [0.05, 0.1) is 13.2 Å². The molecule has 0 bridgehead atoms. The predicted molar refractivity (Wildman–Crippen MR) is 75.3 cm³/mol. The Morgan fingerprint density at radius 1 is 1.17 bits per heavy atom. The monoisotopic (exact) mass is 339 g/mol. The van der Waals surface area contributed by atoms with Crippen molar-refractivity contribution in [3.05, 3.63) is 48.3 Å². The first-order valence-corrected chi connectivity index (χ1v) is 6.75. The van der Waals surface area contributed by atoms with Gasteiger partial charge in [0.1, 0.15) is 25.0 Å². The van der Waals surface area contributed by atoms with Crippen LogP contribution in [0.3, 0.4) is 0 Å². The van der Waals surface area contributed by atoms with Crippen molar-refractivity contribution < 1.29 is 33.7 Å². The third kappa shape index (κ3) is 4.33. The molecule has 3 rings (SSSR count). The van der Waals surface area contributed by atoms with Crippen LogP contribution in [0.2, 0.25) is 0 Å². The van der Waals surface area contributed by atoms with E-state index in [1.165, 1.54) is 18.5 Å². The number of rotatable bonds is 3. The molecule has 1 aromatic carbocycles. The van der Waals surface area contributed by atoms with Crippen molar-refractivity contribution in [3.8, 4) is 0 Å². The standard InChI is InChI=1S/C12H12FN3O2.C2H2O4/c13-11-3-1-10(2-4-11)12(17-5-6-18-12)7-16-9-14-8-15-16;3-1(4)2(5)6/h1-4,8-9H,5-7H2;(H,3,4)(H,5,6). The zero-order valence-corrected chi connectivity index (χ0v) is 12.3. The van der Waals surface area contributed by atoms with Crippen LogP contribution in [0.5, 0.6) is 0 Å². The molecule has 2 N–H and O–H groups in total. The van der Waals surface area contributed by atoms with Gasteiger partial charge in [-0.3, -0.25) is 0 Å². The van der Waals surface area contributed by atoms with Crippen molar-refractivity contribution in [2.75, 3.05) is 13.2 Å². The Kier molecular flexibility index (Phi) is 5.55. The highest BCUT2D eigenvalue weighted by Gasteiger charge is 2.39. The normalized spacial score (nSPS) is 15.4. The number of ether oxygens (including phenoxy) is 2. The number of carbonyl (C=O) groups is 2. The van der Waals surface area contributed by atoms with Gasteiger partial charge in [-0.25, -0.2) is 23.6 Å². The van der Waals surface area contributed by atoms with Gasteiger partial charge < -0.3 is 19.7 Å². The number of carboxylic acid groups (broad SMARTS) is 2. The van der Waals surface area contributed by atoms with Gasteiger partial charge in [0, 0.05) is 5.56 Å². The molecule has 0 spiro atoms. The molecule has 1 fully saturated rings. The van der Waals surface area contributed by atoms with E-state index in [2.05, 4.69) is 10.1 Å². The Morgan fingerprint density at radius 3 is 2.21 bits per heavy atom. The van der Waals surface area contributed by atoms with Crippen LogP contribution in [0.4, 0.5) is 4.39 Å². The first-order valence-electron chi connectivity index (χ1n) is 6.75. The van der Waals surface area contributed by atoms with Crippen molar-refractivity contribution in [3.63, 3.8) is 0 Å². The molecule has 1 saturated heterocycles. The molecule has 2 heterocycles. The molecular formula is C14H14FN3O6. The molecule has 0 atom stereocenters. The third-order valence-corrected chi connectivity index (χ3v) is 3.06. The molecule has 0 aliphatic carbocycles. The number of benzene rings is 1. The molecule has 0 saturated carbocycles. The summed E-state index contributed by atoms with van der Waals surface area (Å²) < 4.78 is 26.0. The third-order valence-electron chi connectivity index (χ3n) is 3.06. The minimum Gasteiger partial charge on any atom is -0.473 e. The van der Waals surface area contributed by atoms with E-state index in [9.17, 15) is 4.39 Å². The highest BCUT2D eigenvalue weighted by atomic mass is 19.1. The maximum atomic E-state index is 13.0. The number of nitrogens with zero attached hydrogens (tertiary/aromatic N) is 3. The zero-order chi connectivity index (χ0) is 17.6. The SMILES string of the molecule is Fc1ccc(C2(Cn3cncn3)OCCO2)cc1.O=C(O)C(=O)O. The lowest BCUT2D eigenvalue weighted by molar-refractivity contribution is -0.177. The van der Waals surface area contributed by atoms with Gasteiger partial charge in [0.25, 0.3) is 0 Å². The topological polar surface area (TPSA) is 124 Å². The average Bonchev–Trinajstić information content (AvgIpc) is 3.21. The largest absolute Gasteiger partial charge is 0.473 e. The van der Waals surface area contributed by atoms with E-state index < -0.39 is 17.7 Å². The van der Waals surface area contributed by atoms with E-state index in [1.54, 1.807) is 23.1 Å². The molecular weight excluding hydrogens is 325 g/mol. The first-order chi connectivity index (χ1) is 11.4. The van der Waals surface area contributed by atoms with Crippen molar-refractivity contribution in [1.29, 1.82) is 0 Å². The summed E-state index contributed by atoms with van der Waals surface area (Å²) in [6, 6.07) is 6.11. The van der Waals surface area contributed by atoms with E-state index in [0.717, 1.165) is 5.56 Å². The lowest BCUT2D eigenvalue weighted by Gasteiger charge is -2.27. The summed E-state index contributed by atoms with van der Waals surface area (Å²) >= 11 is 0. The fraction of sp³-hybridized carbons (Fsp3) is 0.286. The van der Waals surface area contributed by atoms with Crippen LogP contribution in [-0.4, -0.2) is 50.1 Å². The Hall–Kier alpha value is -2.85. The van der Waals surface area contributed by atoms with Crippen LogP contribution in [0, 0.1) is 5.82 Å². The lowest BCUT2D eigenvalue weighted by atomic mass is 10.1. The number of aliphatic carboxylic acids is 2. The Balaban J connectivity index is 0.000000301. The second-order valence-corrected chi connectivity index (χ2v) is 4.66. The summed E-state index contributed by atoms with van der Waals surface area (Å²) in [5, 5.41) is 18.8. The maximum absolute atomic E-state index is 13.0. The number of hydrogen-bond donors (Lipinski definition) is 2. The Bertz CT molecular complexity index is 671. The van der Waals surface area contributed by atoms with E-state index in [4.69, 9.17) is 29.3 Å². The second-order valence-electron chi connectivity index (χ2n) is 4.66. The molecule has 10 heteroatoms. The van der Waals surface area contributed by atoms with E-state index in [0.29, 0.717) is 19.8 Å². The zero-order valence-electron chi connectivity index (χ0n) is 12.3. The van der Waals surface area contributed by atoms with Crippen LogP contribution in [0.15, 0.2) is 36.9 Å². The first kappa shape index (κ1) is 17.5. The summed E-state index contributed by atoms with van der Waals surface area (Å²) in [6.07, 6.45) is 3.05. The molecule has 0 unspecified atom stereocenters. The molecule has 128 valence electrons. The summed E-state index contributed by atoms with van der Waals surface area (Å²) in [6.45, 7) is 1.40. The summed E-state index contributed by atoms with van der Waals surface area (Å²) in [5.41, 5.74) is 0.775. The lowest BCUT2D eigenvalue weighted by Crippen LogP contribution is -2.33. The molecule has 0 radical (unpaired) electrons. The number of hydrogen-bond acceptors (Lipinski definition) is 6. The maximum Gasteiger partial charge on any atom is 0.414 e. The van der Waals surface area contributed by atoms with Gasteiger partial charge in [-0.2, -0.15) is 5.10 Å². The quantitative estimate of drug-likeness (QED) is 0.774. The van der Waals surface area contributed by atoms with Crippen molar-refractivity contribution >= 4 is 11.9 Å². The fourth-order valence-electron chi connectivity index (χ4n) is 2.04. The van der Waals surface area contributed by atoms with Gasteiger partial charge >= 0.3 is 11.9 Å². The molecule has 9 nitrogen and oxygen atoms in total. The minimum atomic E-state index is -1.82. The average molecular weight is 339 g/mol. The number of carboxylic acids is 2. The Labute approximate surface area is 135 Å². The van der Waals surface area contributed by atoms with Gasteiger partial charge in [-0.1, -0.05) is 12.1 Å². The molecule has 0 amide bonds. The molecule has 24 heavy (non-hydrogen) atoms. The molecule has 2 aromatic rings. The van der Waals surface area contributed by atoms with E-state index in [1.807, 2.05) is 0 Å². The molecule has 1 aromatic heterocycles. The van der Waals surface area contributed by atoms with Crippen LogP contribution in [-0.2, 0) is 31.4 Å². The fourth-order valence-corrected chi connectivity index (χ4v) is 2.04.